The van der Waals surface area contributed by atoms with Crippen LogP contribution in [0.2, 0.25) is 5.02 Å². The van der Waals surface area contributed by atoms with Crippen molar-refractivity contribution in [3.05, 3.63) is 56.5 Å². The molecule has 0 saturated heterocycles. The number of hydrogen-bond acceptors (Lipinski definition) is 3. The molecule has 3 rings (SSSR count). The Bertz CT molecular complexity index is 913. The number of nitrogens with zero attached hydrogens (tertiary/aromatic N) is 1. The molecule has 0 bridgehead atoms. The van der Waals surface area contributed by atoms with E-state index in [0.29, 0.717) is 21.4 Å². The predicted octanol–water partition coefficient (Wildman–Crippen LogP) is 2.83. The van der Waals surface area contributed by atoms with Crippen molar-refractivity contribution in [2.75, 3.05) is 0 Å². The molecule has 0 fully saturated rings. The Balaban J connectivity index is 1.96. The molecule has 2 aromatic heterocycles. The fourth-order valence-electron chi connectivity index (χ4n) is 2.22. The molecular formula is C15H14ClN3O2S. The number of rotatable bonds is 3. The number of H-pyrrole nitrogens is 2. The highest BCUT2D eigenvalue weighted by Gasteiger charge is 2.15. The fraction of sp³-hybridized carbons (Fsp3) is 0.200. The smallest absolute Gasteiger partial charge is 0.252 e. The lowest BCUT2D eigenvalue weighted by Crippen LogP contribution is -2.16. The van der Waals surface area contributed by atoms with Gasteiger partial charge in [-0.05, 0) is 31.5 Å². The third-order valence-corrected chi connectivity index (χ3v) is 5.32. The second kappa shape index (κ2) is 5.70. The molecule has 3 aromatic rings. The van der Waals surface area contributed by atoms with Crippen LogP contribution in [-0.4, -0.2) is 19.2 Å². The van der Waals surface area contributed by atoms with Gasteiger partial charge in [-0.3, -0.25) is 9.00 Å². The molecule has 0 spiro atoms. The predicted molar refractivity (Wildman–Crippen MR) is 87.8 cm³/mol. The van der Waals surface area contributed by atoms with Gasteiger partial charge in [-0.25, -0.2) is 4.98 Å². The number of hydrogen-bond donors (Lipinski definition) is 2. The average Bonchev–Trinajstić information content (AvgIpc) is 2.94. The minimum atomic E-state index is -1.40. The summed E-state index contributed by atoms with van der Waals surface area (Å²) in [4.78, 5) is 21.9. The van der Waals surface area contributed by atoms with Crippen LogP contribution in [0.3, 0.4) is 0 Å². The maximum atomic E-state index is 12.5. The summed E-state index contributed by atoms with van der Waals surface area (Å²) in [7, 11) is -1.40. The van der Waals surface area contributed by atoms with E-state index in [0.717, 1.165) is 16.6 Å². The van der Waals surface area contributed by atoms with E-state index in [1.807, 2.05) is 24.3 Å². The first-order valence-electron chi connectivity index (χ1n) is 6.68. The maximum absolute atomic E-state index is 12.5. The van der Waals surface area contributed by atoms with Crippen molar-refractivity contribution in [3.8, 4) is 0 Å². The Hall–Kier alpha value is -1.92. The van der Waals surface area contributed by atoms with E-state index in [1.54, 1.807) is 13.8 Å². The van der Waals surface area contributed by atoms with E-state index < -0.39 is 10.8 Å². The molecule has 7 heteroatoms. The van der Waals surface area contributed by atoms with E-state index >= 15 is 0 Å². The molecule has 2 N–H and O–H groups in total. The quantitative estimate of drug-likeness (QED) is 0.772. The standard InChI is InChI=1S/C15H14ClN3O2S/c1-8-12(17-14(20)9(2)13(8)16)7-22(21)15-18-10-5-3-4-6-11(10)19-15/h3-6H,7H2,1-2H3,(H,17,20)(H,18,19). The minimum absolute atomic E-state index is 0.154. The molecule has 22 heavy (non-hydrogen) atoms. The third-order valence-electron chi connectivity index (χ3n) is 3.57. The monoisotopic (exact) mass is 335 g/mol. The lowest BCUT2D eigenvalue weighted by molar-refractivity contribution is 0.676. The van der Waals surface area contributed by atoms with Crippen molar-refractivity contribution in [1.29, 1.82) is 0 Å². The van der Waals surface area contributed by atoms with Gasteiger partial charge in [-0.2, -0.15) is 0 Å². The van der Waals surface area contributed by atoms with Crippen molar-refractivity contribution < 1.29 is 4.21 Å². The van der Waals surface area contributed by atoms with Gasteiger partial charge in [0.25, 0.3) is 5.56 Å². The summed E-state index contributed by atoms with van der Waals surface area (Å²) < 4.78 is 12.5. The highest BCUT2D eigenvalue weighted by Crippen LogP contribution is 2.21. The third kappa shape index (κ3) is 2.60. The zero-order valence-electron chi connectivity index (χ0n) is 12.1. The van der Waals surface area contributed by atoms with E-state index in [4.69, 9.17) is 11.6 Å². The number of para-hydroxylation sites is 2. The zero-order chi connectivity index (χ0) is 15.9. The number of nitrogens with one attached hydrogen (secondary N) is 2. The maximum Gasteiger partial charge on any atom is 0.252 e. The number of aromatic amines is 2. The van der Waals surface area contributed by atoms with E-state index in [1.165, 1.54) is 0 Å². The molecule has 0 saturated carbocycles. The van der Waals surface area contributed by atoms with E-state index in [2.05, 4.69) is 15.0 Å². The SMILES string of the molecule is Cc1c(CS(=O)c2nc3ccccc3[nH]2)[nH]c(=O)c(C)c1Cl. The van der Waals surface area contributed by atoms with Crippen molar-refractivity contribution in [2.24, 2.45) is 0 Å². The van der Waals surface area contributed by atoms with Crippen LogP contribution < -0.4 is 5.56 Å². The highest BCUT2D eigenvalue weighted by atomic mass is 35.5. The lowest BCUT2D eigenvalue weighted by Gasteiger charge is -2.08. The fourth-order valence-corrected chi connectivity index (χ4v) is 3.53. The molecular weight excluding hydrogens is 322 g/mol. The van der Waals surface area contributed by atoms with Gasteiger partial charge in [0, 0.05) is 11.3 Å². The Morgan fingerprint density at radius 3 is 2.64 bits per heavy atom. The summed E-state index contributed by atoms with van der Waals surface area (Å²) in [6, 6.07) is 7.48. The van der Waals surface area contributed by atoms with Gasteiger partial charge in [-0.15, -0.1) is 0 Å². The first-order valence-corrected chi connectivity index (χ1v) is 8.38. The van der Waals surface area contributed by atoms with Crippen LogP contribution >= 0.6 is 11.6 Å². The number of imidazole rings is 1. The molecule has 0 aliphatic heterocycles. The van der Waals surface area contributed by atoms with Crippen LogP contribution in [0.15, 0.2) is 34.2 Å². The summed E-state index contributed by atoms with van der Waals surface area (Å²) in [5.74, 6) is 0.154. The molecule has 0 aliphatic carbocycles. The van der Waals surface area contributed by atoms with Gasteiger partial charge in [0.2, 0.25) is 0 Å². The molecule has 1 unspecified atom stereocenters. The number of aromatic nitrogens is 3. The van der Waals surface area contributed by atoms with Crippen molar-refractivity contribution in [3.63, 3.8) is 0 Å². The topological polar surface area (TPSA) is 78.6 Å². The molecule has 0 radical (unpaired) electrons. The Morgan fingerprint density at radius 1 is 1.18 bits per heavy atom. The molecule has 0 aliphatic rings. The van der Waals surface area contributed by atoms with Gasteiger partial charge in [-0.1, -0.05) is 23.7 Å². The van der Waals surface area contributed by atoms with Crippen LogP contribution in [0, 0.1) is 13.8 Å². The average molecular weight is 336 g/mol. The lowest BCUT2D eigenvalue weighted by atomic mass is 10.2. The van der Waals surface area contributed by atoms with E-state index in [9.17, 15) is 9.00 Å². The molecule has 1 aromatic carbocycles. The summed E-state index contributed by atoms with van der Waals surface area (Å²) in [6.07, 6.45) is 0. The van der Waals surface area contributed by atoms with Crippen LogP contribution in [0.5, 0.6) is 0 Å². The summed E-state index contributed by atoms with van der Waals surface area (Å²) in [6.45, 7) is 3.46. The van der Waals surface area contributed by atoms with E-state index in [-0.39, 0.29) is 11.3 Å². The van der Waals surface area contributed by atoms with Gasteiger partial charge in [0.15, 0.2) is 5.16 Å². The van der Waals surface area contributed by atoms with Crippen LogP contribution in [0.25, 0.3) is 11.0 Å². The summed E-state index contributed by atoms with van der Waals surface area (Å²) in [5.41, 5.74) is 3.11. The normalized spacial score (nSPS) is 12.7. The Kier molecular flexibility index (Phi) is 3.88. The first kappa shape index (κ1) is 15.0. The molecule has 114 valence electrons. The second-order valence-electron chi connectivity index (χ2n) is 5.05. The van der Waals surface area contributed by atoms with Crippen molar-refractivity contribution in [2.45, 2.75) is 24.8 Å². The van der Waals surface area contributed by atoms with Gasteiger partial charge >= 0.3 is 0 Å². The number of pyridine rings is 1. The number of halogens is 1. The molecule has 2 heterocycles. The summed E-state index contributed by atoms with van der Waals surface area (Å²) >= 11 is 6.14. The largest absolute Gasteiger partial charge is 0.331 e. The first-order chi connectivity index (χ1) is 10.5. The van der Waals surface area contributed by atoms with Gasteiger partial charge < -0.3 is 9.97 Å². The van der Waals surface area contributed by atoms with Crippen LogP contribution in [0.1, 0.15) is 16.8 Å². The highest BCUT2D eigenvalue weighted by molar-refractivity contribution is 7.84. The number of benzene rings is 1. The van der Waals surface area contributed by atoms with Crippen LogP contribution in [-0.2, 0) is 16.6 Å². The van der Waals surface area contributed by atoms with Crippen molar-refractivity contribution >= 4 is 33.4 Å². The van der Waals surface area contributed by atoms with Gasteiger partial charge in [0.05, 0.1) is 32.6 Å². The van der Waals surface area contributed by atoms with Crippen molar-refractivity contribution in [1.82, 2.24) is 15.0 Å². The molecule has 5 nitrogen and oxygen atoms in total. The van der Waals surface area contributed by atoms with Gasteiger partial charge in [0.1, 0.15) is 0 Å². The Labute approximate surface area is 134 Å². The second-order valence-corrected chi connectivity index (χ2v) is 6.79. The number of fused-ring (bicyclic) bond motifs is 1. The molecule has 1 atom stereocenters. The summed E-state index contributed by atoms with van der Waals surface area (Å²) in [5, 5.41) is 0.804. The Morgan fingerprint density at radius 2 is 1.91 bits per heavy atom. The molecule has 0 amide bonds. The van der Waals surface area contributed by atoms with Crippen LogP contribution in [0.4, 0.5) is 0 Å². The minimum Gasteiger partial charge on any atom is -0.331 e. The zero-order valence-corrected chi connectivity index (χ0v) is 13.6.